The second-order valence-corrected chi connectivity index (χ2v) is 4.95. The van der Waals surface area contributed by atoms with Crippen LogP contribution >= 0.6 is 11.3 Å². The lowest BCUT2D eigenvalue weighted by atomic mass is 9.86. The van der Waals surface area contributed by atoms with Crippen LogP contribution in [-0.4, -0.2) is 28.6 Å². The van der Waals surface area contributed by atoms with Crippen LogP contribution in [0.25, 0.3) is 0 Å². The number of ether oxygens (including phenoxy) is 1. The Morgan fingerprint density at radius 1 is 1.59 bits per heavy atom. The second-order valence-electron chi connectivity index (χ2n) is 3.89. The molecule has 17 heavy (non-hydrogen) atoms. The van der Waals surface area contributed by atoms with Crippen LogP contribution in [0.5, 0.6) is 0 Å². The van der Waals surface area contributed by atoms with Gasteiger partial charge in [0.1, 0.15) is 0 Å². The number of rotatable bonds is 5. The van der Waals surface area contributed by atoms with E-state index in [0.29, 0.717) is 5.69 Å². The van der Waals surface area contributed by atoms with Crippen LogP contribution in [0.3, 0.4) is 0 Å². The summed E-state index contributed by atoms with van der Waals surface area (Å²) in [5.74, 6) is -1.92. The van der Waals surface area contributed by atoms with Crippen molar-refractivity contribution in [1.82, 2.24) is 4.98 Å². The molecule has 0 saturated heterocycles. The topological polar surface area (TPSA) is 76.5 Å². The van der Waals surface area contributed by atoms with Crippen molar-refractivity contribution in [3.8, 4) is 0 Å². The first-order valence-corrected chi connectivity index (χ1v) is 6.09. The largest absolute Gasteiger partial charge is 0.480 e. The highest BCUT2D eigenvalue weighted by molar-refractivity contribution is 7.09. The summed E-state index contributed by atoms with van der Waals surface area (Å²) in [6.07, 6.45) is 0.0471. The van der Waals surface area contributed by atoms with E-state index in [-0.39, 0.29) is 13.0 Å². The van der Waals surface area contributed by atoms with Crippen molar-refractivity contribution >= 4 is 23.3 Å². The summed E-state index contributed by atoms with van der Waals surface area (Å²) in [4.78, 5) is 27.1. The Bertz CT molecular complexity index is 429. The first-order valence-electron chi connectivity index (χ1n) is 5.21. The third kappa shape index (κ3) is 3.03. The van der Waals surface area contributed by atoms with Gasteiger partial charge in [-0.1, -0.05) is 0 Å². The zero-order valence-corrected chi connectivity index (χ0v) is 10.8. The van der Waals surface area contributed by atoms with Crippen LogP contribution < -0.4 is 0 Å². The highest BCUT2D eigenvalue weighted by atomic mass is 32.1. The van der Waals surface area contributed by atoms with E-state index in [0.717, 1.165) is 5.01 Å². The van der Waals surface area contributed by atoms with Gasteiger partial charge in [0.25, 0.3) is 0 Å². The van der Waals surface area contributed by atoms with Gasteiger partial charge in [0.15, 0.2) is 5.41 Å². The van der Waals surface area contributed by atoms with Gasteiger partial charge in [0.2, 0.25) is 0 Å². The number of aliphatic carboxylic acids is 1. The minimum atomic E-state index is -1.57. The molecule has 0 aliphatic carbocycles. The number of aromatic nitrogens is 1. The van der Waals surface area contributed by atoms with Gasteiger partial charge in [0.05, 0.1) is 17.3 Å². The zero-order chi connectivity index (χ0) is 13.1. The average Bonchev–Trinajstić information content (AvgIpc) is 2.63. The Kier molecular flexibility index (Phi) is 4.22. The molecule has 1 rings (SSSR count). The van der Waals surface area contributed by atoms with Crippen molar-refractivity contribution in [3.63, 3.8) is 0 Å². The summed E-state index contributed by atoms with van der Waals surface area (Å²) in [5, 5.41) is 11.8. The molecule has 1 atom stereocenters. The molecule has 1 heterocycles. The number of carbonyl (C=O) groups excluding carboxylic acids is 1. The van der Waals surface area contributed by atoms with Gasteiger partial charge in [-0.05, 0) is 20.8 Å². The lowest BCUT2D eigenvalue weighted by Gasteiger charge is -2.21. The third-order valence-corrected chi connectivity index (χ3v) is 3.22. The van der Waals surface area contributed by atoms with E-state index in [9.17, 15) is 14.7 Å². The molecular formula is C11H15NO4S. The number of carboxylic acid groups (broad SMARTS) is 1. The summed E-state index contributed by atoms with van der Waals surface area (Å²) in [5.41, 5.74) is -0.971. The van der Waals surface area contributed by atoms with E-state index in [1.807, 2.05) is 6.92 Å². The maximum Gasteiger partial charge on any atom is 0.323 e. The molecule has 0 aliphatic rings. The SMILES string of the molecule is CCOC(=O)C(C)(Cc1csc(C)n1)C(=O)O. The van der Waals surface area contributed by atoms with Crippen molar-refractivity contribution < 1.29 is 19.4 Å². The predicted molar refractivity (Wildman–Crippen MR) is 62.9 cm³/mol. The number of nitrogens with zero attached hydrogens (tertiary/aromatic N) is 1. The van der Waals surface area contributed by atoms with E-state index >= 15 is 0 Å². The third-order valence-electron chi connectivity index (χ3n) is 2.40. The first-order chi connectivity index (χ1) is 7.90. The fourth-order valence-corrected chi connectivity index (χ4v) is 1.99. The van der Waals surface area contributed by atoms with Crippen LogP contribution in [-0.2, 0) is 20.7 Å². The highest BCUT2D eigenvalue weighted by Gasteiger charge is 2.43. The van der Waals surface area contributed by atoms with Gasteiger partial charge in [0, 0.05) is 11.8 Å². The monoisotopic (exact) mass is 257 g/mol. The molecule has 94 valence electrons. The molecule has 1 aromatic heterocycles. The van der Waals surface area contributed by atoms with Gasteiger partial charge in [-0.15, -0.1) is 11.3 Å². The number of carbonyl (C=O) groups is 2. The average molecular weight is 257 g/mol. The molecule has 0 fully saturated rings. The normalized spacial score (nSPS) is 14.1. The molecule has 5 nitrogen and oxygen atoms in total. The van der Waals surface area contributed by atoms with Gasteiger partial charge in [-0.3, -0.25) is 9.59 Å². The fraction of sp³-hybridized carbons (Fsp3) is 0.545. The summed E-state index contributed by atoms with van der Waals surface area (Å²) in [6.45, 7) is 5.00. The van der Waals surface area contributed by atoms with Crippen molar-refractivity contribution in [3.05, 3.63) is 16.1 Å². The number of thiazole rings is 1. The van der Waals surface area contributed by atoms with Crippen LogP contribution in [0.15, 0.2) is 5.38 Å². The number of aryl methyl sites for hydroxylation is 1. The maximum atomic E-state index is 11.7. The van der Waals surface area contributed by atoms with E-state index < -0.39 is 17.4 Å². The highest BCUT2D eigenvalue weighted by Crippen LogP contribution is 2.25. The van der Waals surface area contributed by atoms with E-state index in [1.54, 1.807) is 12.3 Å². The maximum absolute atomic E-state index is 11.7. The summed E-state index contributed by atoms with van der Waals surface area (Å²) in [7, 11) is 0. The standard InChI is InChI=1S/C11H15NO4S/c1-4-16-10(15)11(3,9(13)14)5-8-6-17-7(2)12-8/h6H,4-5H2,1-3H3,(H,13,14). The molecule has 0 aromatic carbocycles. The lowest BCUT2D eigenvalue weighted by molar-refractivity contribution is -0.167. The molecule has 0 aliphatic heterocycles. The summed E-state index contributed by atoms with van der Waals surface area (Å²) >= 11 is 1.43. The fourth-order valence-electron chi connectivity index (χ4n) is 1.38. The number of hydrogen-bond donors (Lipinski definition) is 1. The zero-order valence-electron chi connectivity index (χ0n) is 10.0. The van der Waals surface area contributed by atoms with Gasteiger partial charge < -0.3 is 9.84 Å². The minimum absolute atomic E-state index is 0.0471. The summed E-state index contributed by atoms with van der Waals surface area (Å²) < 4.78 is 4.80. The predicted octanol–water partition coefficient (Wildman–Crippen LogP) is 1.65. The summed E-state index contributed by atoms with van der Waals surface area (Å²) in [6, 6.07) is 0. The smallest absolute Gasteiger partial charge is 0.323 e. The Labute approximate surface area is 103 Å². The van der Waals surface area contributed by atoms with Gasteiger partial charge in [-0.2, -0.15) is 0 Å². The molecule has 0 saturated carbocycles. The Morgan fingerprint density at radius 3 is 2.65 bits per heavy atom. The second kappa shape index (κ2) is 5.27. The molecule has 0 amide bonds. The van der Waals surface area contributed by atoms with Crippen molar-refractivity contribution in [2.45, 2.75) is 27.2 Å². The number of esters is 1. The molecule has 0 radical (unpaired) electrons. The molecule has 0 bridgehead atoms. The molecule has 1 unspecified atom stereocenters. The van der Waals surface area contributed by atoms with E-state index in [4.69, 9.17) is 4.74 Å². The van der Waals surface area contributed by atoms with Crippen LogP contribution in [0.2, 0.25) is 0 Å². The van der Waals surface area contributed by atoms with Crippen LogP contribution in [0.1, 0.15) is 24.5 Å². The van der Waals surface area contributed by atoms with E-state index in [2.05, 4.69) is 4.98 Å². The minimum Gasteiger partial charge on any atom is -0.480 e. The van der Waals surface area contributed by atoms with Crippen LogP contribution in [0.4, 0.5) is 0 Å². The Morgan fingerprint density at radius 2 is 2.24 bits per heavy atom. The van der Waals surface area contributed by atoms with Gasteiger partial charge >= 0.3 is 11.9 Å². The van der Waals surface area contributed by atoms with Crippen LogP contribution in [0, 0.1) is 12.3 Å². The first kappa shape index (κ1) is 13.6. The molecular weight excluding hydrogens is 242 g/mol. The number of hydrogen-bond acceptors (Lipinski definition) is 5. The van der Waals surface area contributed by atoms with E-state index in [1.165, 1.54) is 18.3 Å². The lowest BCUT2D eigenvalue weighted by Crippen LogP contribution is -2.40. The molecule has 6 heteroatoms. The Balaban J connectivity index is 2.92. The van der Waals surface area contributed by atoms with Crippen molar-refractivity contribution in [2.75, 3.05) is 6.61 Å². The van der Waals surface area contributed by atoms with Gasteiger partial charge in [-0.25, -0.2) is 4.98 Å². The Hall–Kier alpha value is -1.43. The molecule has 0 spiro atoms. The van der Waals surface area contributed by atoms with Crippen molar-refractivity contribution in [2.24, 2.45) is 5.41 Å². The molecule has 1 N–H and O–H groups in total. The quantitative estimate of drug-likeness (QED) is 0.641. The van der Waals surface area contributed by atoms with Crippen molar-refractivity contribution in [1.29, 1.82) is 0 Å². The number of carboxylic acids is 1. The molecule has 1 aromatic rings.